The summed E-state index contributed by atoms with van der Waals surface area (Å²) in [7, 11) is 0. The molecule has 0 aliphatic heterocycles. The first-order chi connectivity index (χ1) is 39.9. The van der Waals surface area contributed by atoms with Crippen molar-refractivity contribution in [1.29, 1.82) is 0 Å². The number of rotatable bonds is 7. The van der Waals surface area contributed by atoms with E-state index >= 15 is 0 Å². The summed E-state index contributed by atoms with van der Waals surface area (Å²) in [6.07, 6.45) is 6.88. The molecule has 7 aliphatic rings. The van der Waals surface area contributed by atoms with Gasteiger partial charge in [0, 0.05) is 27.8 Å². The molecule has 11 aromatic carbocycles. The van der Waals surface area contributed by atoms with Crippen LogP contribution in [0.1, 0.15) is 90.5 Å². The van der Waals surface area contributed by atoms with Crippen LogP contribution < -0.4 is 4.90 Å². The van der Waals surface area contributed by atoms with Crippen LogP contribution >= 0.6 is 0 Å². The smallest absolute Gasteiger partial charge is 0.0719 e. The fraction of sp³-hybridized carbons (Fsp3) is 0.175. The van der Waals surface area contributed by atoms with Crippen LogP contribution in [0.5, 0.6) is 0 Å². The van der Waals surface area contributed by atoms with Gasteiger partial charge in [-0.3, -0.25) is 0 Å². The second-order valence-corrected chi connectivity index (χ2v) is 25.2. The number of hydrogen-bond acceptors (Lipinski definition) is 1. The van der Waals surface area contributed by atoms with Crippen molar-refractivity contribution in [2.75, 3.05) is 4.90 Å². The zero-order valence-electron chi connectivity index (χ0n) is 46.1. The lowest BCUT2D eigenvalue weighted by Crippen LogP contribution is -2.55. The minimum absolute atomic E-state index is 0.0498. The predicted molar refractivity (Wildman–Crippen MR) is 336 cm³/mol. The van der Waals surface area contributed by atoms with Crippen molar-refractivity contribution in [2.45, 2.75) is 62.2 Å². The van der Waals surface area contributed by atoms with E-state index < -0.39 is 5.41 Å². The molecule has 0 N–H and O–H groups in total. The van der Waals surface area contributed by atoms with E-state index in [0.29, 0.717) is 11.8 Å². The van der Waals surface area contributed by atoms with Gasteiger partial charge in [-0.25, -0.2) is 0 Å². The Kier molecular flexibility index (Phi) is 10.2. The van der Waals surface area contributed by atoms with Crippen molar-refractivity contribution < 1.29 is 0 Å². The molecule has 0 atom stereocenters. The van der Waals surface area contributed by atoms with Gasteiger partial charge in [-0.05, 0) is 210 Å². The van der Waals surface area contributed by atoms with Gasteiger partial charge in [0.1, 0.15) is 0 Å². The molecule has 0 heterocycles. The lowest BCUT2D eigenvalue weighted by Gasteiger charge is -2.61. The van der Waals surface area contributed by atoms with Gasteiger partial charge in [0.25, 0.3) is 0 Å². The molecule has 0 aromatic heterocycles. The second kappa shape index (κ2) is 17.6. The van der Waals surface area contributed by atoms with Gasteiger partial charge in [0.05, 0.1) is 11.1 Å². The highest BCUT2D eigenvalue weighted by Gasteiger charge is 2.62. The molecular formula is C80H63N. The minimum Gasteiger partial charge on any atom is -0.310 e. The molecule has 11 aromatic rings. The van der Waals surface area contributed by atoms with Gasteiger partial charge in [0.15, 0.2) is 0 Å². The minimum atomic E-state index is -0.561. The molecule has 1 nitrogen and oxygen atoms in total. The Morgan fingerprint density at radius 3 is 1.32 bits per heavy atom. The maximum Gasteiger partial charge on any atom is 0.0719 e. The summed E-state index contributed by atoms with van der Waals surface area (Å²) in [5.74, 6) is 3.11. The normalized spacial score (nSPS) is 21.2. The standard InChI is InChI=1S/C80H63N/c1-78(2)74-48-59(54-20-8-4-9-21-54)34-39-71(74)80(72-40-35-60(49-75(72)78)55-22-10-5-11-23-55)68-28-14-12-26-65(68)67-50-64(38-41-70(67)80)81(63-36-32-56(33-37-63)58-25-16-24-57(47-58)53-18-6-3-7-19-53)76-31-17-30-73-77(76)66-27-13-15-29-69(66)79(73)61-43-51-42-52(45-61)46-62(79)44-51/h3-41,47-52,61-62H,42-46H2,1-2H3. The van der Waals surface area contributed by atoms with Crippen LogP contribution in [-0.4, -0.2) is 0 Å². The van der Waals surface area contributed by atoms with Gasteiger partial charge in [-0.1, -0.05) is 226 Å². The zero-order valence-corrected chi connectivity index (χ0v) is 46.1. The Labute approximate surface area is 477 Å². The topological polar surface area (TPSA) is 3.24 Å². The molecule has 0 unspecified atom stereocenters. The summed E-state index contributed by atoms with van der Waals surface area (Å²) >= 11 is 0. The third-order valence-electron chi connectivity index (χ3n) is 20.9. The van der Waals surface area contributed by atoms with Gasteiger partial charge in [-0.15, -0.1) is 0 Å². The molecule has 4 saturated carbocycles. The van der Waals surface area contributed by atoms with Gasteiger partial charge in [-0.2, -0.15) is 0 Å². The maximum atomic E-state index is 2.63. The third-order valence-corrected chi connectivity index (χ3v) is 20.9. The van der Waals surface area contributed by atoms with Crippen molar-refractivity contribution in [2.24, 2.45) is 23.7 Å². The van der Waals surface area contributed by atoms with E-state index in [1.54, 1.807) is 11.1 Å². The van der Waals surface area contributed by atoms with E-state index in [1.807, 2.05) is 0 Å². The molecule has 18 rings (SSSR count). The van der Waals surface area contributed by atoms with Crippen LogP contribution in [0.15, 0.2) is 261 Å². The number of fused-ring (bicyclic) bond motifs is 12. The highest BCUT2D eigenvalue weighted by molar-refractivity contribution is 5.98. The second-order valence-electron chi connectivity index (χ2n) is 25.2. The molecule has 4 fully saturated rings. The molecule has 81 heavy (non-hydrogen) atoms. The number of anilines is 3. The SMILES string of the molecule is CC1(C)c2cc(-c3ccccc3)ccc2C2(c3ccccc3-c3cc(N(c4ccc(-c5cccc(-c6ccccc6)c5)cc4)c4cccc5c4-c4ccccc4C54C5CC6CC(C5)CC4C6)ccc32)c2ccc(-c3ccccc3)cc21. The average molecular weight is 1040 g/mol. The first-order valence-corrected chi connectivity index (χ1v) is 29.8. The quantitative estimate of drug-likeness (QED) is 0.154. The van der Waals surface area contributed by atoms with Gasteiger partial charge < -0.3 is 4.90 Å². The van der Waals surface area contributed by atoms with Crippen LogP contribution in [0.3, 0.4) is 0 Å². The molecule has 0 saturated heterocycles. The Hall–Kier alpha value is -8.78. The van der Waals surface area contributed by atoms with E-state index in [0.717, 1.165) is 17.5 Å². The molecule has 4 bridgehead atoms. The summed E-state index contributed by atoms with van der Waals surface area (Å²) in [6, 6.07) is 99.9. The van der Waals surface area contributed by atoms with Crippen LogP contribution in [0.25, 0.3) is 66.8 Å². The summed E-state index contributed by atoms with van der Waals surface area (Å²) in [5, 5.41) is 0. The van der Waals surface area contributed by atoms with Crippen LogP contribution in [0.4, 0.5) is 17.1 Å². The first-order valence-electron chi connectivity index (χ1n) is 29.8. The Morgan fingerprint density at radius 1 is 0.296 bits per heavy atom. The monoisotopic (exact) mass is 1040 g/mol. The lowest BCUT2D eigenvalue weighted by atomic mass is 9.43. The Bertz CT molecular complexity index is 4190. The highest BCUT2D eigenvalue weighted by atomic mass is 15.1. The zero-order chi connectivity index (χ0) is 53.6. The fourth-order valence-electron chi connectivity index (χ4n) is 17.8. The maximum absolute atomic E-state index is 2.63. The van der Waals surface area contributed by atoms with Crippen LogP contribution in [0.2, 0.25) is 0 Å². The number of hydrogen-bond donors (Lipinski definition) is 0. The number of nitrogens with zero attached hydrogens (tertiary/aromatic N) is 1. The Morgan fingerprint density at radius 2 is 0.728 bits per heavy atom. The molecular weight excluding hydrogens is 975 g/mol. The van der Waals surface area contributed by atoms with E-state index in [2.05, 4.69) is 280 Å². The number of benzene rings is 11. The van der Waals surface area contributed by atoms with Crippen LogP contribution in [0, 0.1) is 23.7 Å². The van der Waals surface area contributed by atoms with Crippen molar-refractivity contribution in [1.82, 2.24) is 0 Å². The molecule has 1 heteroatoms. The largest absolute Gasteiger partial charge is 0.310 e. The molecule has 2 spiro atoms. The van der Waals surface area contributed by atoms with Crippen molar-refractivity contribution >= 4 is 17.1 Å². The third kappa shape index (κ3) is 6.67. The highest BCUT2D eigenvalue weighted by Crippen LogP contribution is 2.71. The summed E-state index contributed by atoms with van der Waals surface area (Å²) in [5.41, 5.74) is 29.5. The fourth-order valence-corrected chi connectivity index (χ4v) is 17.8. The van der Waals surface area contributed by atoms with E-state index in [4.69, 9.17) is 0 Å². The lowest BCUT2D eigenvalue weighted by molar-refractivity contribution is -0.0399. The average Bonchev–Trinajstić information content (AvgIpc) is 3.04. The van der Waals surface area contributed by atoms with Crippen molar-refractivity contribution in [3.8, 4) is 66.8 Å². The van der Waals surface area contributed by atoms with E-state index in [9.17, 15) is 0 Å². The molecule has 0 amide bonds. The van der Waals surface area contributed by atoms with Gasteiger partial charge >= 0.3 is 0 Å². The van der Waals surface area contributed by atoms with Gasteiger partial charge in [0.2, 0.25) is 0 Å². The summed E-state index contributed by atoms with van der Waals surface area (Å²) in [4.78, 5) is 2.63. The molecule has 0 radical (unpaired) electrons. The molecule has 388 valence electrons. The summed E-state index contributed by atoms with van der Waals surface area (Å²) in [6.45, 7) is 4.91. The van der Waals surface area contributed by atoms with Crippen molar-refractivity contribution in [3.05, 3.63) is 305 Å². The summed E-state index contributed by atoms with van der Waals surface area (Å²) < 4.78 is 0. The van der Waals surface area contributed by atoms with E-state index in [-0.39, 0.29) is 10.8 Å². The van der Waals surface area contributed by atoms with Crippen LogP contribution in [-0.2, 0) is 16.2 Å². The van der Waals surface area contributed by atoms with Crippen molar-refractivity contribution in [3.63, 3.8) is 0 Å². The first kappa shape index (κ1) is 47.1. The Balaban J connectivity index is 0.891. The predicted octanol–water partition coefficient (Wildman–Crippen LogP) is 20.5. The molecule has 7 aliphatic carbocycles. The van der Waals surface area contributed by atoms with E-state index in [1.165, 1.54) is 144 Å².